The number of imide groups is 1. The van der Waals surface area contributed by atoms with Gasteiger partial charge in [0.1, 0.15) is 6.54 Å². The van der Waals surface area contributed by atoms with Crippen LogP contribution in [0.2, 0.25) is 0 Å². The van der Waals surface area contributed by atoms with Gasteiger partial charge in [0.25, 0.3) is 11.8 Å². The van der Waals surface area contributed by atoms with Crippen LogP contribution in [-0.2, 0) is 4.79 Å². The molecule has 1 aliphatic heterocycles. The molecule has 22 heavy (non-hydrogen) atoms. The van der Waals surface area contributed by atoms with Crippen molar-refractivity contribution in [3.8, 4) is 11.5 Å². The highest BCUT2D eigenvalue weighted by Gasteiger charge is 2.36. The molecule has 0 fully saturated rings. The van der Waals surface area contributed by atoms with Crippen LogP contribution in [0.1, 0.15) is 20.7 Å². The van der Waals surface area contributed by atoms with Crippen LogP contribution in [0.3, 0.4) is 0 Å². The number of amides is 2. The van der Waals surface area contributed by atoms with Crippen molar-refractivity contribution < 1.29 is 24.2 Å². The summed E-state index contributed by atoms with van der Waals surface area (Å²) in [5, 5.41) is 9.54. The second-order valence-electron chi connectivity index (χ2n) is 4.68. The van der Waals surface area contributed by atoms with Crippen molar-refractivity contribution >= 4 is 17.8 Å². The minimum Gasteiger partial charge on any atom is -0.504 e. The molecule has 3 rings (SSSR count). The quantitative estimate of drug-likeness (QED) is 0.528. The van der Waals surface area contributed by atoms with E-state index in [-0.39, 0.29) is 22.6 Å². The van der Waals surface area contributed by atoms with Gasteiger partial charge >= 0.3 is 5.97 Å². The first-order chi connectivity index (χ1) is 10.6. The number of fused-ring (bicyclic) bond motifs is 1. The number of esters is 1. The Labute approximate surface area is 125 Å². The summed E-state index contributed by atoms with van der Waals surface area (Å²) >= 11 is 0. The van der Waals surface area contributed by atoms with E-state index in [9.17, 15) is 19.5 Å². The van der Waals surface area contributed by atoms with E-state index in [2.05, 4.69) is 0 Å². The molecular weight excluding hydrogens is 286 g/mol. The molecule has 1 aliphatic rings. The molecule has 2 aromatic rings. The number of nitrogens with zero attached hydrogens (tertiary/aromatic N) is 1. The van der Waals surface area contributed by atoms with Crippen LogP contribution in [0.4, 0.5) is 0 Å². The Kier molecular flexibility index (Phi) is 3.34. The average molecular weight is 297 g/mol. The highest BCUT2D eigenvalue weighted by Crippen LogP contribution is 2.25. The summed E-state index contributed by atoms with van der Waals surface area (Å²) in [5.41, 5.74) is 0.533. The summed E-state index contributed by atoms with van der Waals surface area (Å²) < 4.78 is 4.97. The lowest BCUT2D eigenvalue weighted by Gasteiger charge is -2.13. The first-order valence-electron chi connectivity index (χ1n) is 6.52. The van der Waals surface area contributed by atoms with Gasteiger partial charge in [0.05, 0.1) is 11.1 Å². The van der Waals surface area contributed by atoms with Gasteiger partial charge in [0.15, 0.2) is 11.5 Å². The molecule has 0 saturated carbocycles. The Morgan fingerprint density at radius 2 is 1.50 bits per heavy atom. The average Bonchev–Trinajstić information content (AvgIpc) is 2.75. The third-order valence-corrected chi connectivity index (χ3v) is 3.25. The molecule has 0 bridgehead atoms. The number of rotatable bonds is 3. The summed E-state index contributed by atoms with van der Waals surface area (Å²) in [6.07, 6.45) is 0. The third kappa shape index (κ3) is 2.31. The van der Waals surface area contributed by atoms with Gasteiger partial charge in [-0.1, -0.05) is 24.3 Å². The SMILES string of the molecule is O=C(CN1C(=O)c2ccccc2C1=O)Oc1ccccc1O. The lowest BCUT2D eigenvalue weighted by molar-refractivity contribution is -0.134. The van der Waals surface area contributed by atoms with Crippen molar-refractivity contribution in [1.29, 1.82) is 0 Å². The van der Waals surface area contributed by atoms with E-state index in [1.54, 1.807) is 24.3 Å². The van der Waals surface area contributed by atoms with E-state index < -0.39 is 24.3 Å². The lowest BCUT2D eigenvalue weighted by atomic mass is 10.1. The maximum absolute atomic E-state index is 12.1. The number of carbonyl (C=O) groups excluding carboxylic acids is 3. The van der Waals surface area contributed by atoms with Crippen molar-refractivity contribution in [3.63, 3.8) is 0 Å². The smallest absolute Gasteiger partial charge is 0.331 e. The van der Waals surface area contributed by atoms with E-state index >= 15 is 0 Å². The van der Waals surface area contributed by atoms with E-state index in [1.165, 1.54) is 24.3 Å². The van der Waals surface area contributed by atoms with Crippen molar-refractivity contribution in [2.45, 2.75) is 0 Å². The van der Waals surface area contributed by atoms with Crippen LogP contribution in [0.5, 0.6) is 11.5 Å². The van der Waals surface area contributed by atoms with Crippen LogP contribution in [-0.4, -0.2) is 34.3 Å². The van der Waals surface area contributed by atoms with E-state index in [1.807, 2.05) is 0 Å². The minimum absolute atomic E-state index is 0.0240. The maximum atomic E-state index is 12.1. The molecule has 0 spiro atoms. The molecule has 1 N–H and O–H groups in total. The summed E-state index contributed by atoms with van der Waals surface area (Å²) in [4.78, 5) is 36.9. The van der Waals surface area contributed by atoms with E-state index in [0.717, 1.165) is 4.90 Å². The van der Waals surface area contributed by atoms with Crippen molar-refractivity contribution in [1.82, 2.24) is 4.90 Å². The number of benzene rings is 2. The van der Waals surface area contributed by atoms with Crippen LogP contribution in [0.25, 0.3) is 0 Å². The molecule has 2 aromatic carbocycles. The van der Waals surface area contributed by atoms with Gasteiger partial charge in [0, 0.05) is 0 Å². The molecule has 110 valence electrons. The van der Waals surface area contributed by atoms with Gasteiger partial charge in [0.2, 0.25) is 0 Å². The van der Waals surface area contributed by atoms with Gasteiger partial charge in [-0.25, -0.2) is 4.79 Å². The summed E-state index contributed by atoms with van der Waals surface area (Å²) in [7, 11) is 0. The zero-order valence-corrected chi connectivity index (χ0v) is 11.4. The number of carbonyl (C=O) groups is 3. The Balaban J connectivity index is 1.75. The Morgan fingerprint density at radius 1 is 0.955 bits per heavy atom. The van der Waals surface area contributed by atoms with Gasteiger partial charge in [-0.05, 0) is 24.3 Å². The molecule has 0 aromatic heterocycles. The fourth-order valence-corrected chi connectivity index (χ4v) is 2.21. The number of phenolic OH excluding ortho intramolecular Hbond substituents is 1. The molecular formula is C16H11NO5. The van der Waals surface area contributed by atoms with Crippen LogP contribution in [0.15, 0.2) is 48.5 Å². The fourth-order valence-electron chi connectivity index (χ4n) is 2.21. The molecule has 1 heterocycles. The number of hydrogen-bond acceptors (Lipinski definition) is 5. The van der Waals surface area contributed by atoms with Crippen LogP contribution < -0.4 is 4.74 Å². The zero-order valence-electron chi connectivity index (χ0n) is 11.4. The number of phenols is 1. The van der Waals surface area contributed by atoms with Crippen LogP contribution in [0, 0.1) is 0 Å². The summed E-state index contributed by atoms with van der Waals surface area (Å²) in [6, 6.07) is 12.3. The highest BCUT2D eigenvalue weighted by molar-refractivity contribution is 6.22. The molecule has 0 saturated heterocycles. The molecule has 0 atom stereocenters. The minimum atomic E-state index is -0.809. The Hall–Kier alpha value is -3.15. The monoisotopic (exact) mass is 297 g/mol. The van der Waals surface area contributed by atoms with Gasteiger partial charge in [-0.3, -0.25) is 14.5 Å². The molecule has 0 radical (unpaired) electrons. The number of para-hydroxylation sites is 2. The van der Waals surface area contributed by atoms with Crippen molar-refractivity contribution in [2.75, 3.05) is 6.54 Å². The zero-order chi connectivity index (χ0) is 15.7. The first kappa shape index (κ1) is 13.8. The standard InChI is InChI=1S/C16H11NO5/c18-12-7-3-4-8-13(12)22-14(19)9-17-15(20)10-5-1-2-6-11(10)16(17)21/h1-8,18H,9H2. The number of hydrogen-bond donors (Lipinski definition) is 1. The predicted octanol–water partition coefficient (Wildman–Crippen LogP) is 1.59. The largest absolute Gasteiger partial charge is 0.504 e. The van der Waals surface area contributed by atoms with Crippen LogP contribution >= 0.6 is 0 Å². The number of aromatic hydroxyl groups is 1. The first-order valence-corrected chi connectivity index (χ1v) is 6.52. The van der Waals surface area contributed by atoms with Crippen molar-refractivity contribution in [3.05, 3.63) is 59.7 Å². The molecule has 6 heteroatoms. The normalized spacial score (nSPS) is 13.2. The fraction of sp³-hybridized carbons (Fsp3) is 0.0625. The predicted molar refractivity (Wildman–Crippen MR) is 75.6 cm³/mol. The van der Waals surface area contributed by atoms with Gasteiger partial charge in [-0.2, -0.15) is 0 Å². The topological polar surface area (TPSA) is 83.9 Å². The van der Waals surface area contributed by atoms with Crippen molar-refractivity contribution in [2.24, 2.45) is 0 Å². The van der Waals surface area contributed by atoms with E-state index in [4.69, 9.17) is 4.74 Å². The lowest BCUT2D eigenvalue weighted by Crippen LogP contribution is -2.36. The van der Waals surface area contributed by atoms with Gasteiger partial charge in [-0.15, -0.1) is 0 Å². The number of ether oxygens (including phenoxy) is 1. The molecule has 0 aliphatic carbocycles. The maximum Gasteiger partial charge on any atom is 0.331 e. The molecule has 6 nitrogen and oxygen atoms in total. The van der Waals surface area contributed by atoms with E-state index in [0.29, 0.717) is 0 Å². The molecule has 0 unspecified atom stereocenters. The summed E-state index contributed by atoms with van der Waals surface area (Å²) in [6.45, 7) is -0.513. The van der Waals surface area contributed by atoms with Gasteiger partial charge < -0.3 is 9.84 Å². The highest BCUT2D eigenvalue weighted by atomic mass is 16.5. The Morgan fingerprint density at radius 3 is 2.09 bits per heavy atom. The summed E-state index contributed by atoms with van der Waals surface area (Å²) in [5.74, 6) is -2.09. The Bertz CT molecular complexity index is 749. The molecule has 2 amide bonds. The third-order valence-electron chi connectivity index (χ3n) is 3.25. The second kappa shape index (κ2) is 5.33. The second-order valence-corrected chi connectivity index (χ2v) is 4.68.